The van der Waals surface area contributed by atoms with Crippen molar-refractivity contribution < 1.29 is 23.9 Å². The summed E-state index contributed by atoms with van der Waals surface area (Å²) >= 11 is 0. The number of Topliss-reactive ketones (excluding diaryl/α,β-unsaturated/α-hetero) is 1. The van der Waals surface area contributed by atoms with E-state index in [0.717, 1.165) is 4.90 Å². The lowest BCUT2D eigenvalue weighted by molar-refractivity contribution is -0.155. The van der Waals surface area contributed by atoms with Crippen molar-refractivity contribution in [2.45, 2.75) is 64.9 Å². The van der Waals surface area contributed by atoms with Crippen LogP contribution >= 0.6 is 0 Å². The predicted molar refractivity (Wildman–Crippen MR) is 84.4 cm³/mol. The standard InChI is InChI=1S/C17H25NO5/c1-17(2,3)23-16(22)9-5-4-7-13(19)8-6-12-18-14(20)10-11-15(18)21/h10-11H,4-9,12H2,1-3H3. The average Bonchev–Trinajstić information content (AvgIpc) is 2.73. The van der Waals surface area contributed by atoms with Gasteiger partial charge in [-0.2, -0.15) is 0 Å². The Morgan fingerprint density at radius 3 is 2.04 bits per heavy atom. The van der Waals surface area contributed by atoms with E-state index in [1.54, 1.807) is 0 Å². The van der Waals surface area contributed by atoms with Crippen molar-refractivity contribution in [3.63, 3.8) is 0 Å². The summed E-state index contributed by atoms with van der Waals surface area (Å²) in [6.07, 6.45) is 5.26. The van der Waals surface area contributed by atoms with Crippen LogP contribution in [0, 0.1) is 0 Å². The van der Waals surface area contributed by atoms with Crippen LogP contribution in [-0.2, 0) is 23.9 Å². The summed E-state index contributed by atoms with van der Waals surface area (Å²) < 4.78 is 5.19. The molecule has 1 aliphatic heterocycles. The van der Waals surface area contributed by atoms with Crippen LogP contribution in [0.5, 0.6) is 0 Å². The molecule has 1 rings (SSSR count). The van der Waals surface area contributed by atoms with Crippen LogP contribution in [0.25, 0.3) is 0 Å². The Kier molecular flexibility index (Phi) is 7.13. The lowest BCUT2D eigenvalue weighted by Crippen LogP contribution is -2.31. The van der Waals surface area contributed by atoms with Gasteiger partial charge in [0.15, 0.2) is 0 Å². The van der Waals surface area contributed by atoms with Crippen molar-refractivity contribution in [3.05, 3.63) is 12.2 Å². The zero-order valence-corrected chi connectivity index (χ0v) is 14.1. The third-order valence-corrected chi connectivity index (χ3v) is 3.24. The Bertz CT molecular complexity index is 484. The quantitative estimate of drug-likeness (QED) is 0.369. The zero-order valence-electron chi connectivity index (χ0n) is 14.1. The van der Waals surface area contributed by atoms with Gasteiger partial charge in [0.25, 0.3) is 11.8 Å². The Morgan fingerprint density at radius 1 is 0.957 bits per heavy atom. The third kappa shape index (κ3) is 7.72. The van der Waals surface area contributed by atoms with E-state index in [2.05, 4.69) is 0 Å². The topological polar surface area (TPSA) is 80.8 Å². The van der Waals surface area contributed by atoms with E-state index in [9.17, 15) is 19.2 Å². The smallest absolute Gasteiger partial charge is 0.306 e. The summed E-state index contributed by atoms with van der Waals surface area (Å²) in [6, 6.07) is 0. The molecule has 0 spiro atoms. The molecule has 128 valence electrons. The SMILES string of the molecule is CC(C)(C)OC(=O)CCCCC(=O)CCCN1C(=O)C=CC1=O. The Labute approximate surface area is 136 Å². The first-order chi connectivity index (χ1) is 10.7. The van der Waals surface area contributed by atoms with Crippen molar-refractivity contribution in [1.82, 2.24) is 4.90 Å². The molecule has 2 amide bonds. The van der Waals surface area contributed by atoms with Crippen molar-refractivity contribution in [2.24, 2.45) is 0 Å². The van der Waals surface area contributed by atoms with Gasteiger partial charge in [0, 0.05) is 38.0 Å². The summed E-state index contributed by atoms with van der Waals surface area (Å²) in [5, 5.41) is 0. The largest absolute Gasteiger partial charge is 0.460 e. The van der Waals surface area contributed by atoms with Crippen molar-refractivity contribution in [3.8, 4) is 0 Å². The van der Waals surface area contributed by atoms with E-state index in [1.165, 1.54) is 12.2 Å². The molecule has 0 atom stereocenters. The molecule has 1 aliphatic rings. The molecule has 0 unspecified atom stereocenters. The fraction of sp³-hybridized carbons (Fsp3) is 0.647. The molecule has 6 nitrogen and oxygen atoms in total. The molecule has 0 aliphatic carbocycles. The number of imide groups is 1. The van der Waals surface area contributed by atoms with E-state index in [1.807, 2.05) is 20.8 Å². The van der Waals surface area contributed by atoms with Gasteiger partial charge in [-0.15, -0.1) is 0 Å². The van der Waals surface area contributed by atoms with Gasteiger partial charge in [0.2, 0.25) is 0 Å². The molecule has 1 heterocycles. The molecule has 6 heteroatoms. The maximum absolute atomic E-state index is 11.7. The van der Waals surface area contributed by atoms with Gasteiger partial charge in [-0.05, 0) is 40.0 Å². The van der Waals surface area contributed by atoms with Gasteiger partial charge in [0.05, 0.1) is 0 Å². The summed E-state index contributed by atoms with van der Waals surface area (Å²) in [5.74, 6) is -0.802. The molecule has 0 N–H and O–H groups in total. The normalized spacial score (nSPS) is 14.5. The number of nitrogens with zero attached hydrogens (tertiary/aromatic N) is 1. The predicted octanol–water partition coefficient (Wildman–Crippen LogP) is 2.16. The second-order valence-electron chi connectivity index (χ2n) is 6.60. The number of esters is 1. The molecule has 0 aromatic carbocycles. The number of hydrogen-bond donors (Lipinski definition) is 0. The maximum atomic E-state index is 11.7. The number of carbonyl (C=O) groups is 4. The number of unbranched alkanes of at least 4 members (excludes halogenated alkanes) is 1. The van der Waals surface area contributed by atoms with Crippen LogP contribution in [-0.4, -0.2) is 40.6 Å². The van der Waals surface area contributed by atoms with E-state index in [4.69, 9.17) is 4.74 Å². The van der Waals surface area contributed by atoms with Gasteiger partial charge in [-0.3, -0.25) is 24.1 Å². The van der Waals surface area contributed by atoms with Crippen LogP contribution in [0.2, 0.25) is 0 Å². The van der Waals surface area contributed by atoms with E-state index >= 15 is 0 Å². The highest BCUT2D eigenvalue weighted by molar-refractivity contribution is 6.12. The Hall–Kier alpha value is -1.98. The van der Waals surface area contributed by atoms with E-state index in [-0.39, 0.29) is 30.1 Å². The number of rotatable bonds is 9. The summed E-state index contributed by atoms with van der Waals surface area (Å²) in [6.45, 7) is 5.73. The summed E-state index contributed by atoms with van der Waals surface area (Å²) in [5.41, 5.74) is -0.480. The number of hydrogen-bond acceptors (Lipinski definition) is 5. The van der Waals surface area contributed by atoms with Crippen LogP contribution in [0.1, 0.15) is 59.3 Å². The highest BCUT2D eigenvalue weighted by atomic mass is 16.6. The summed E-state index contributed by atoms with van der Waals surface area (Å²) in [7, 11) is 0. The molecule has 0 saturated heterocycles. The minimum atomic E-state index is -0.480. The first-order valence-electron chi connectivity index (χ1n) is 7.96. The Balaban J connectivity index is 2.08. The molecule has 0 saturated carbocycles. The van der Waals surface area contributed by atoms with Crippen LogP contribution in [0.15, 0.2) is 12.2 Å². The minimum Gasteiger partial charge on any atom is -0.460 e. The second-order valence-corrected chi connectivity index (χ2v) is 6.60. The fourth-order valence-electron chi connectivity index (χ4n) is 2.19. The third-order valence-electron chi connectivity index (χ3n) is 3.24. The van der Waals surface area contributed by atoms with Crippen molar-refractivity contribution >= 4 is 23.6 Å². The van der Waals surface area contributed by atoms with Gasteiger partial charge in [-0.1, -0.05) is 0 Å². The van der Waals surface area contributed by atoms with Gasteiger partial charge in [-0.25, -0.2) is 0 Å². The van der Waals surface area contributed by atoms with Crippen molar-refractivity contribution in [1.29, 1.82) is 0 Å². The first-order valence-corrected chi connectivity index (χ1v) is 7.96. The number of amides is 2. The lowest BCUT2D eigenvalue weighted by Gasteiger charge is -2.19. The van der Waals surface area contributed by atoms with Crippen LogP contribution in [0.3, 0.4) is 0 Å². The van der Waals surface area contributed by atoms with E-state index < -0.39 is 5.60 Å². The number of ketones is 1. The maximum Gasteiger partial charge on any atom is 0.306 e. The molecular formula is C17H25NO5. The fourth-order valence-corrected chi connectivity index (χ4v) is 2.19. The summed E-state index contributed by atoms with van der Waals surface area (Å²) in [4.78, 5) is 47.0. The molecule has 0 aromatic rings. The second kappa shape index (κ2) is 8.60. The number of ether oxygens (including phenoxy) is 1. The van der Waals surface area contributed by atoms with Gasteiger partial charge in [0.1, 0.15) is 11.4 Å². The zero-order chi connectivity index (χ0) is 17.5. The molecule has 0 aromatic heterocycles. The molecule has 23 heavy (non-hydrogen) atoms. The molecule has 0 bridgehead atoms. The number of carbonyl (C=O) groups excluding carboxylic acids is 4. The monoisotopic (exact) mass is 323 g/mol. The minimum absolute atomic E-state index is 0.0845. The molecule has 0 fully saturated rings. The average molecular weight is 323 g/mol. The lowest BCUT2D eigenvalue weighted by atomic mass is 10.1. The van der Waals surface area contributed by atoms with E-state index in [0.29, 0.717) is 38.5 Å². The Morgan fingerprint density at radius 2 is 1.48 bits per heavy atom. The highest BCUT2D eigenvalue weighted by Gasteiger charge is 2.22. The molecular weight excluding hydrogens is 298 g/mol. The van der Waals surface area contributed by atoms with Crippen molar-refractivity contribution in [2.75, 3.05) is 6.54 Å². The van der Waals surface area contributed by atoms with Gasteiger partial charge < -0.3 is 4.74 Å². The van der Waals surface area contributed by atoms with Crippen LogP contribution < -0.4 is 0 Å². The van der Waals surface area contributed by atoms with Gasteiger partial charge >= 0.3 is 5.97 Å². The van der Waals surface area contributed by atoms with Crippen LogP contribution in [0.4, 0.5) is 0 Å². The first kappa shape index (κ1) is 19.1. The highest BCUT2D eigenvalue weighted by Crippen LogP contribution is 2.12. The molecule has 0 radical (unpaired) electrons.